The largest absolute Gasteiger partial charge is 0.368 e. The number of hydrogen-bond acceptors (Lipinski definition) is 5. The summed E-state index contributed by atoms with van der Waals surface area (Å²) in [5, 5.41) is 11.2. The summed E-state index contributed by atoms with van der Waals surface area (Å²) in [5.41, 5.74) is 6.49. The minimum Gasteiger partial charge on any atom is -0.368 e. The summed E-state index contributed by atoms with van der Waals surface area (Å²) < 4.78 is 1.61. The smallest absolute Gasteiger partial charge is 0.247 e. The van der Waals surface area contributed by atoms with Gasteiger partial charge in [-0.05, 0) is 25.3 Å². The van der Waals surface area contributed by atoms with Crippen molar-refractivity contribution in [2.45, 2.75) is 18.1 Å². The third-order valence-corrected chi connectivity index (χ3v) is 3.33. The number of para-hydroxylation sites is 1. The van der Waals surface area contributed by atoms with Crippen molar-refractivity contribution in [1.29, 1.82) is 0 Å². The lowest BCUT2D eigenvalue weighted by Gasteiger charge is -2.15. The van der Waals surface area contributed by atoms with Crippen molar-refractivity contribution < 1.29 is 4.79 Å². The van der Waals surface area contributed by atoms with Gasteiger partial charge < -0.3 is 11.1 Å². The van der Waals surface area contributed by atoms with Crippen LogP contribution >= 0.6 is 11.8 Å². The van der Waals surface area contributed by atoms with Crippen molar-refractivity contribution >= 4 is 29.3 Å². The maximum Gasteiger partial charge on any atom is 0.247 e. The highest BCUT2D eigenvalue weighted by Gasteiger charge is 2.21. The van der Waals surface area contributed by atoms with Gasteiger partial charge in [-0.3, -0.25) is 9.36 Å². The van der Waals surface area contributed by atoms with Gasteiger partial charge in [0.2, 0.25) is 11.9 Å². The summed E-state index contributed by atoms with van der Waals surface area (Å²) >= 11 is 1.40. The van der Waals surface area contributed by atoms with Crippen LogP contribution in [0.25, 0.3) is 0 Å². The summed E-state index contributed by atoms with van der Waals surface area (Å²) in [6.07, 6.45) is 1.86. The number of aromatic nitrogens is 3. The fraction of sp³-hybridized carbons (Fsp3) is 0.250. The van der Waals surface area contributed by atoms with Gasteiger partial charge in [-0.25, -0.2) is 0 Å². The number of nitrogen functional groups attached to an aromatic ring is 1. The highest BCUT2D eigenvalue weighted by Crippen LogP contribution is 2.21. The Morgan fingerprint density at radius 2 is 2.05 bits per heavy atom. The molecule has 100 valence electrons. The minimum atomic E-state index is -0.474. The average Bonchev–Trinajstić information content (AvgIpc) is 2.80. The third kappa shape index (κ3) is 2.87. The number of nitrogens with zero attached hydrogens (tertiary/aromatic N) is 3. The van der Waals surface area contributed by atoms with Crippen molar-refractivity contribution in [2.24, 2.45) is 0 Å². The van der Waals surface area contributed by atoms with Crippen LogP contribution in [0.4, 0.5) is 11.6 Å². The van der Waals surface area contributed by atoms with Crippen LogP contribution in [0.1, 0.15) is 13.0 Å². The molecule has 1 aromatic heterocycles. The van der Waals surface area contributed by atoms with E-state index in [1.165, 1.54) is 11.8 Å². The van der Waals surface area contributed by atoms with Crippen LogP contribution < -0.4 is 11.1 Å². The Bertz CT molecular complexity index is 569. The van der Waals surface area contributed by atoms with Gasteiger partial charge in [-0.1, -0.05) is 30.0 Å². The van der Waals surface area contributed by atoms with E-state index < -0.39 is 6.04 Å². The molecular formula is C12H15N5OS. The predicted molar refractivity (Wildman–Crippen MR) is 76.0 cm³/mol. The lowest BCUT2D eigenvalue weighted by molar-refractivity contribution is -0.118. The number of nitrogens with two attached hydrogens (primary N) is 1. The van der Waals surface area contributed by atoms with Gasteiger partial charge in [0.25, 0.3) is 0 Å². The Morgan fingerprint density at radius 1 is 1.37 bits per heavy atom. The van der Waals surface area contributed by atoms with Gasteiger partial charge in [0.1, 0.15) is 6.04 Å². The van der Waals surface area contributed by atoms with Crippen molar-refractivity contribution in [3.05, 3.63) is 30.3 Å². The summed E-state index contributed by atoms with van der Waals surface area (Å²) in [4.78, 5) is 12.2. The van der Waals surface area contributed by atoms with Crippen LogP contribution in [-0.2, 0) is 4.79 Å². The zero-order chi connectivity index (χ0) is 13.8. The van der Waals surface area contributed by atoms with Gasteiger partial charge in [0, 0.05) is 5.69 Å². The molecular weight excluding hydrogens is 262 g/mol. The lowest BCUT2D eigenvalue weighted by Crippen LogP contribution is -2.25. The van der Waals surface area contributed by atoms with Gasteiger partial charge in [-0.15, -0.1) is 10.2 Å². The van der Waals surface area contributed by atoms with Crippen LogP contribution in [0.5, 0.6) is 0 Å². The number of carbonyl (C=O) groups excluding carboxylic acids is 1. The van der Waals surface area contributed by atoms with Gasteiger partial charge in [0.15, 0.2) is 5.16 Å². The molecule has 0 radical (unpaired) electrons. The third-order valence-electron chi connectivity index (χ3n) is 2.68. The van der Waals surface area contributed by atoms with E-state index in [9.17, 15) is 4.79 Å². The van der Waals surface area contributed by atoms with E-state index in [2.05, 4.69) is 15.5 Å². The molecule has 1 heterocycles. The molecule has 6 nitrogen and oxygen atoms in total. The van der Waals surface area contributed by atoms with Gasteiger partial charge >= 0.3 is 0 Å². The van der Waals surface area contributed by atoms with Gasteiger partial charge in [0.05, 0.1) is 0 Å². The van der Waals surface area contributed by atoms with E-state index >= 15 is 0 Å². The standard InChI is InChI=1S/C12H15N5OS/c1-8(17-11(13)15-16-12(17)19-2)10(18)14-9-6-4-3-5-7-9/h3-8H,1-2H3,(H2,13,15)(H,14,18)/t8-/m0/s1. The molecule has 0 fully saturated rings. The number of nitrogens with one attached hydrogen (secondary N) is 1. The first-order valence-electron chi connectivity index (χ1n) is 5.73. The SMILES string of the molecule is CSc1nnc(N)n1[C@@H](C)C(=O)Nc1ccccc1. The molecule has 19 heavy (non-hydrogen) atoms. The van der Waals surface area contributed by atoms with E-state index in [4.69, 9.17) is 5.73 Å². The fourth-order valence-electron chi connectivity index (χ4n) is 1.68. The van der Waals surface area contributed by atoms with Crippen LogP contribution in [0, 0.1) is 0 Å². The molecule has 7 heteroatoms. The van der Waals surface area contributed by atoms with Crippen molar-refractivity contribution in [3.8, 4) is 0 Å². The minimum absolute atomic E-state index is 0.159. The molecule has 3 N–H and O–H groups in total. The monoisotopic (exact) mass is 277 g/mol. The van der Waals surface area contributed by atoms with E-state index in [0.717, 1.165) is 5.69 Å². The first-order chi connectivity index (χ1) is 9.13. The Kier molecular flexibility index (Phi) is 4.06. The van der Waals surface area contributed by atoms with Crippen molar-refractivity contribution in [1.82, 2.24) is 14.8 Å². The Hall–Kier alpha value is -2.02. The zero-order valence-corrected chi connectivity index (χ0v) is 11.5. The normalized spacial score (nSPS) is 12.1. The molecule has 0 aliphatic rings. The molecule has 2 aromatic rings. The number of anilines is 2. The highest BCUT2D eigenvalue weighted by atomic mass is 32.2. The van der Waals surface area contributed by atoms with E-state index in [1.54, 1.807) is 11.5 Å². The quantitative estimate of drug-likeness (QED) is 0.832. The number of benzene rings is 1. The fourth-order valence-corrected chi connectivity index (χ4v) is 2.25. The number of amides is 1. The van der Waals surface area contributed by atoms with Crippen molar-refractivity contribution in [3.63, 3.8) is 0 Å². The second kappa shape index (κ2) is 5.75. The number of rotatable bonds is 4. The highest BCUT2D eigenvalue weighted by molar-refractivity contribution is 7.98. The van der Waals surface area contributed by atoms with E-state index in [0.29, 0.717) is 5.16 Å². The van der Waals surface area contributed by atoms with E-state index in [-0.39, 0.29) is 11.9 Å². The second-order valence-corrected chi connectivity index (χ2v) is 4.72. The molecule has 1 atom stereocenters. The zero-order valence-electron chi connectivity index (χ0n) is 10.7. The summed E-state index contributed by atoms with van der Waals surface area (Å²) in [7, 11) is 0. The molecule has 1 amide bonds. The Balaban J connectivity index is 2.17. The summed E-state index contributed by atoms with van der Waals surface area (Å²) in [6.45, 7) is 1.76. The molecule has 0 bridgehead atoms. The number of hydrogen-bond donors (Lipinski definition) is 2. The maximum atomic E-state index is 12.2. The first kappa shape index (κ1) is 13.4. The van der Waals surface area contributed by atoms with Crippen LogP contribution in [0.3, 0.4) is 0 Å². The molecule has 0 aliphatic carbocycles. The molecule has 0 saturated carbocycles. The van der Waals surface area contributed by atoms with Gasteiger partial charge in [-0.2, -0.15) is 0 Å². The molecule has 0 unspecified atom stereocenters. The Morgan fingerprint density at radius 3 is 2.68 bits per heavy atom. The van der Waals surface area contributed by atoms with E-state index in [1.807, 2.05) is 36.6 Å². The summed E-state index contributed by atoms with van der Waals surface area (Å²) in [6, 6.07) is 8.80. The summed E-state index contributed by atoms with van der Waals surface area (Å²) in [5.74, 6) is 0.0769. The molecule has 1 aromatic carbocycles. The van der Waals surface area contributed by atoms with Crippen LogP contribution in [-0.4, -0.2) is 26.9 Å². The lowest BCUT2D eigenvalue weighted by atomic mass is 10.2. The van der Waals surface area contributed by atoms with Crippen LogP contribution in [0.2, 0.25) is 0 Å². The second-order valence-electron chi connectivity index (χ2n) is 3.95. The molecule has 0 saturated heterocycles. The van der Waals surface area contributed by atoms with Crippen LogP contribution in [0.15, 0.2) is 35.5 Å². The molecule has 0 aliphatic heterocycles. The topological polar surface area (TPSA) is 85.8 Å². The molecule has 2 rings (SSSR count). The Labute approximate surface area is 115 Å². The predicted octanol–water partition coefficient (Wildman–Crippen LogP) is 1.78. The number of thioether (sulfide) groups is 1. The molecule has 0 spiro atoms. The average molecular weight is 277 g/mol. The first-order valence-corrected chi connectivity index (χ1v) is 6.96. The van der Waals surface area contributed by atoms with Crippen molar-refractivity contribution in [2.75, 3.05) is 17.3 Å². The number of carbonyl (C=O) groups is 1. The maximum absolute atomic E-state index is 12.2.